The minimum Gasteiger partial charge on any atom is -0.443 e. The van der Waals surface area contributed by atoms with Gasteiger partial charge in [0.15, 0.2) is 5.69 Å². The Balaban J connectivity index is 1.54. The van der Waals surface area contributed by atoms with E-state index in [1.165, 1.54) is 0 Å². The highest BCUT2D eigenvalue weighted by atomic mass is 16.4. The van der Waals surface area contributed by atoms with Crippen LogP contribution >= 0.6 is 0 Å². The molecule has 4 rings (SSSR count). The second-order valence-corrected chi connectivity index (χ2v) is 8.58. The molecule has 1 saturated carbocycles. The van der Waals surface area contributed by atoms with Crippen LogP contribution in [0.4, 0.5) is 5.69 Å². The summed E-state index contributed by atoms with van der Waals surface area (Å²) in [5.41, 5.74) is 1.43. The Hall–Kier alpha value is -3.22. The minimum absolute atomic E-state index is 0.00725. The summed E-state index contributed by atoms with van der Waals surface area (Å²) in [6.45, 7) is 7.64. The number of fused-ring (bicyclic) bond motifs is 1. The first kappa shape index (κ1) is 20.1. The number of rotatable bonds is 6. The van der Waals surface area contributed by atoms with Gasteiger partial charge in [-0.15, -0.1) is 0 Å². The lowest BCUT2D eigenvalue weighted by atomic mass is 10.0. The second-order valence-electron chi connectivity index (χ2n) is 8.58. The molecule has 2 aromatic heterocycles. The topological polar surface area (TPSA) is 97.1 Å². The maximum atomic E-state index is 12.8. The molecular weight excluding hydrogens is 380 g/mol. The number of pyridine rings is 1. The van der Waals surface area contributed by atoms with Gasteiger partial charge in [-0.3, -0.25) is 14.6 Å². The van der Waals surface area contributed by atoms with Gasteiger partial charge in [-0.2, -0.15) is 0 Å². The number of aromatic nitrogens is 2. The van der Waals surface area contributed by atoms with Crippen molar-refractivity contribution < 1.29 is 14.0 Å². The number of hydrogen-bond acceptors (Lipinski definition) is 5. The third-order valence-electron chi connectivity index (χ3n) is 5.66. The van der Waals surface area contributed by atoms with Gasteiger partial charge in [0.25, 0.3) is 5.91 Å². The van der Waals surface area contributed by atoms with E-state index in [9.17, 15) is 9.59 Å². The van der Waals surface area contributed by atoms with Crippen molar-refractivity contribution in [3.63, 3.8) is 0 Å². The minimum atomic E-state index is -0.387. The van der Waals surface area contributed by atoms with Gasteiger partial charge in [0.1, 0.15) is 11.8 Å². The lowest BCUT2D eigenvalue weighted by Crippen LogP contribution is -2.36. The number of nitrogens with zero attached hydrogens (tertiary/aromatic N) is 2. The summed E-state index contributed by atoms with van der Waals surface area (Å²) in [7, 11) is 0. The Morgan fingerprint density at radius 1 is 1.20 bits per heavy atom. The molecule has 3 aromatic rings. The van der Waals surface area contributed by atoms with E-state index in [-0.39, 0.29) is 34.9 Å². The molecule has 1 fully saturated rings. The maximum absolute atomic E-state index is 12.8. The van der Waals surface area contributed by atoms with Gasteiger partial charge in [-0.05, 0) is 49.9 Å². The molecule has 2 N–H and O–H groups in total. The summed E-state index contributed by atoms with van der Waals surface area (Å²) in [6.07, 6.45) is 3.51. The highest BCUT2D eigenvalue weighted by Gasteiger charge is 2.46. The Morgan fingerprint density at radius 2 is 1.97 bits per heavy atom. The van der Waals surface area contributed by atoms with Crippen molar-refractivity contribution in [2.24, 2.45) is 11.3 Å². The number of carbonyl (C=O) groups excluding carboxylic acids is 2. The smallest absolute Gasteiger partial charge is 0.277 e. The van der Waals surface area contributed by atoms with Crippen LogP contribution < -0.4 is 10.6 Å². The third kappa shape index (κ3) is 3.92. The number of aryl methyl sites for hydroxylation is 1. The first-order chi connectivity index (χ1) is 14.3. The molecule has 7 nitrogen and oxygen atoms in total. The van der Waals surface area contributed by atoms with E-state index in [4.69, 9.17) is 4.42 Å². The molecule has 0 radical (unpaired) electrons. The predicted octanol–water partition coefficient (Wildman–Crippen LogP) is 4.40. The summed E-state index contributed by atoms with van der Waals surface area (Å²) in [5, 5.41) is 6.86. The van der Waals surface area contributed by atoms with Crippen molar-refractivity contribution in [1.29, 1.82) is 0 Å². The van der Waals surface area contributed by atoms with Crippen LogP contribution in [0.15, 0.2) is 40.9 Å². The largest absolute Gasteiger partial charge is 0.443 e. The second kappa shape index (κ2) is 7.55. The highest BCUT2D eigenvalue weighted by molar-refractivity contribution is 6.04. The van der Waals surface area contributed by atoms with Gasteiger partial charge >= 0.3 is 0 Å². The van der Waals surface area contributed by atoms with Gasteiger partial charge in [0, 0.05) is 22.7 Å². The lowest BCUT2D eigenvalue weighted by Gasteiger charge is -2.21. The van der Waals surface area contributed by atoms with Crippen LogP contribution in [0.25, 0.3) is 10.9 Å². The standard InChI is InChI=1S/C23H26N4O3/c1-13(2)18(27-22(29)23(4)9-10-23)21-26-19(14(3)30-21)20(28)25-16-7-8-17-15(12-16)6-5-11-24-17/h5-8,11-13,18H,9-10H2,1-4H3,(H,25,28)(H,27,29)/t18-/m1/s1. The van der Waals surface area contributed by atoms with Crippen LogP contribution in [-0.2, 0) is 4.79 Å². The number of hydrogen-bond donors (Lipinski definition) is 2. The summed E-state index contributed by atoms with van der Waals surface area (Å²) in [6, 6.07) is 8.93. The summed E-state index contributed by atoms with van der Waals surface area (Å²) < 4.78 is 5.80. The van der Waals surface area contributed by atoms with Crippen LogP contribution in [0.2, 0.25) is 0 Å². The Morgan fingerprint density at radius 3 is 2.67 bits per heavy atom. The normalized spacial score (nSPS) is 15.8. The van der Waals surface area contributed by atoms with Crippen LogP contribution in [0.5, 0.6) is 0 Å². The van der Waals surface area contributed by atoms with Crippen LogP contribution in [0.1, 0.15) is 61.8 Å². The molecule has 2 heterocycles. The molecule has 156 valence electrons. The number of carbonyl (C=O) groups is 2. The lowest BCUT2D eigenvalue weighted by molar-refractivity contribution is -0.127. The van der Waals surface area contributed by atoms with E-state index in [0.717, 1.165) is 23.7 Å². The van der Waals surface area contributed by atoms with Crippen LogP contribution in [0, 0.1) is 18.3 Å². The molecule has 1 aromatic carbocycles. The number of nitrogens with one attached hydrogen (secondary N) is 2. The molecule has 1 aliphatic carbocycles. The average molecular weight is 406 g/mol. The molecule has 0 saturated heterocycles. The molecule has 0 spiro atoms. The van der Waals surface area contributed by atoms with E-state index in [1.54, 1.807) is 19.2 Å². The SMILES string of the molecule is Cc1oc([C@H](NC(=O)C2(C)CC2)C(C)C)nc1C(=O)Nc1ccc2ncccc2c1. The van der Waals surface area contributed by atoms with E-state index >= 15 is 0 Å². The van der Waals surface area contributed by atoms with E-state index in [2.05, 4.69) is 20.6 Å². The van der Waals surface area contributed by atoms with E-state index in [1.807, 2.05) is 45.0 Å². The van der Waals surface area contributed by atoms with Gasteiger partial charge < -0.3 is 15.1 Å². The molecule has 1 aliphatic rings. The fraction of sp³-hybridized carbons (Fsp3) is 0.391. The maximum Gasteiger partial charge on any atom is 0.277 e. The average Bonchev–Trinajstić information content (AvgIpc) is 3.35. The Kier molecular flexibility index (Phi) is 5.05. The molecule has 2 amide bonds. The Labute approximate surface area is 175 Å². The number of benzene rings is 1. The molecule has 1 atom stereocenters. The van der Waals surface area contributed by atoms with Crippen LogP contribution in [-0.4, -0.2) is 21.8 Å². The van der Waals surface area contributed by atoms with Gasteiger partial charge in [0.05, 0.1) is 5.52 Å². The zero-order chi connectivity index (χ0) is 21.5. The zero-order valence-corrected chi connectivity index (χ0v) is 17.7. The van der Waals surface area contributed by atoms with Crippen molar-refractivity contribution in [3.8, 4) is 0 Å². The molecule has 0 unspecified atom stereocenters. The van der Waals surface area contributed by atoms with Crippen molar-refractivity contribution >= 4 is 28.4 Å². The van der Waals surface area contributed by atoms with E-state index in [0.29, 0.717) is 17.3 Å². The van der Waals surface area contributed by atoms with Crippen molar-refractivity contribution in [2.45, 2.75) is 46.6 Å². The first-order valence-electron chi connectivity index (χ1n) is 10.2. The van der Waals surface area contributed by atoms with Gasteiger partial charge in [-0.25, -0.2) is 4.98 Å². The number of oxazole rings is 1. The monoisotopic (exact) mass is 406 g/mol. The quantitative estimate of drug-likeness (QED) is 0.632. The molecule has 0 aliphatic heterocycles. The van der Waals surface area contributed by atoms with Gasteiger partial charge in [-0.1, -0.05) is 26.8 Å². The fourth-order valence-corrected chi connectivity index (χ4v) is 3.35. The predicted molar refractivity (Wildman–Crippen MR) is 114 cm³/mol. The van der Waals surface area contributed by atoms with Gasteiger partial charge in [0.2, 0.25) is 11.8 Å². The molecule has 0 bridgehead atoms. The summed E-state index contributed by atoms with van der Waals surface area (Å²) in [5.74, 6) is 0.496. The Bertz CT molecular complexity index is 1110. The van der Waals surface area contributed by atoms with E-state index < -0.39 is 0 Å². The van der Waals surface area contributed by atoms with Crippen molar-refractivity contribution in [3.05, 3.63) is 53.9 Å². The highest BCUT2D eigenvalue weighted by Crippen LogP contribution is 2.45. The van der Waals surface area contributed by atoms with Crippen LogP contribution in [0.3, 0.4) is 0 Å². The third-order valence-corrected chi connectivity index (χ3v) is 5.66. The number of amides is 2. The van der Waals surface area contributed by atoms with Crippen molar-refractivity contribution in [1.82, 2.24) is 15.3 Å². The summed E-state index contributed by atoms with van der Waals surface area (Å²) >= 11 is 0. The molecule has 7 heteroatoms. The number of anilines is 1. The summed E-state index contributed by atoms with van der Waals surface area (Å²) in [4.78, 5) is 34.1. The molecular formula is C23H26N4O3. The molecule has 30 heavy (non-hydrogen) atoms. The zero-order valence-electron chi connectivity index (χ0n) is 17.7. The first-order valence-corrected chi connectivity index (χ1v) is 10.2. The fourth-order valence-electron chi connectivity index (χ4n) is 3.35. The van der Waals surface area contributed by atoms with Crippen molar-refractivity contribution in [2.75, 3.05) is 5.32 Å².